The second kappa shape index (κ2) is 6.90. The molecule has 1 aliphatic rings. The smallest absolute Gasteiger partial charge is 0.125 e. The largest absolute Gasteiger partial charge is 0.331 e. The third kappa shape index (κ3) is 3.36. The highest BCUT2D eigenvalue weighted by Crippen LogP contribution is 2.25. The number of hydrogen-bond acceptors (Lipinski definition) is 2. The van der Waals surface area contributed by atoms with Crippen molar-refractivity contribution < 1.29 is 9.29 Å². The van der Waals surface area contributed by atoms with Gasteiger partial charge in [-0.15, -0.1) is 5.10 Å². The van der Waals surface area contributed by atoms with Crippen LogP contribution in [0.3, 0.4) is 0 Å². The number of hydrogen-bond donors (Lipinski definition) is 1. The highest BCUT2D eigenvalue weighted by atomic mass is 35.5. The predicted molar refractivity (Wildman–Crippen MR) is 96.6 cm³/mol. The highest BCUT2D eigenvalue weighted by molar-refractivity contribution is 6.35. The van der Waals surface area contributed by atoms with E-state index in [1.807, 2.05) is 22.9 Å². The quantitative estimate of drug-likeness (QED) is 0.757. The average Bonchev–Trinajstić information content (AvgIpc) is 3.02. The Kier molecular flexibility index (Phi) is 4.63. The van der Waals surface area contributed by atoms with E-state index in [0.717, 1.165) is 53.6 Å². The maximum absolute atomic E-state index is 13.3. The number of fused-ring (bicyclic) bond motifs is 1. The Bertz CT molecular complexity index is 883. The first-order valence-corrected chi connectivity index (χ1v) is 9.14. The number of rotatable bonds is 3. The minimum absolute atomic E-state index is 0.282. The Hall–Kier alpha value is -1.69. The molecular weight excluding hydrogens is 362 g/mol. The third-order valence-electron chi connectivity index (χ3n) is 4.93. The summed E-state index contributed by atoms with van der Waals surface area (Å²) < 4.78 is 15.2. The van der Waals surface area contributed by atoms with Crippen LogP contribution in [-0.4, -0.2) is 28.1 Å². The van der Waals surface area contributed by atoms with Crippen molar-refractivity contribution in [1.29, 1.82) is 0 Å². The second-order valence-corrected chi connectivity index (χ2v) is 7.34. The van der Waals surface area contributed by atoms with Gasteiger partial charge in [-0.3, -0.25) is 0 Å². The molecule has 25 heavy (non-hydrogen) atoms. The van der Waals surface area contributed by atoms with E-state index in [-0.39, 0.29) is 5.82 Å². The SMILES string of the molecule is Fc1ccc2c(c1)nnn2C1CC[NH+](Cc2c(Cl)cccc2Cl)CC1. The van der Waals surface area contributed by atoms with E-state index in [9.17, 15) is 4.39 Å². The van der Waals surface area contributed by atoms with E-state index < -0.39 is 0 Å². The minimum atomic E-state index is -0.282. The molecule has 0 amide bonds. The fraction of sp³-hybridized carbons (Fsp3) is 0.333. The Morgan fingerprint density at radius 3 is 2.56 bits per heavy atom. The standard InChI is InChI=1S/C18H17Cl2FN4/c19-15-2-1-3-16(20)14(15)11-24-8-6-13(7-9-24)25-18-5-4-12(21)10-17(18)22-23-25/h1-5,10,13H,6-9,11H2/p+1. The number of nitrogens with zero attached hydrogens (tertiary/aromatic N) is 3. The summed E-state index contributed by atoms with van der Waals surface area (Å²) in [6, 6.07) is 10.6. The molecule has 2 heterocycles. The maximum Gasteiger partial charge on any atom is 0.125 e. The molecule has 2 aromatic carbocycles. The molecule has 0 saturated carbocycles. The number of piperidine rings is 1. The monoisotopic (exact) mass is 379 g/mol. The molecule has 130 valence electrons. The van der Waals surface area contributed by atoms with E-state index >= 15 is 0 Å². The average molecular weight is 380 g/mol. The van der Waals surface area contributed by atoms with Crippen LogP contribution in [0.25, 0.3) is 11.0 Å². The van der Waals surface area contributed by atoms with Gasteiger partial charge in [0.2, 0.25) is 0 Å². The van der Waals surface area contributed by atoms with E-state index in [4.69, 9.17) is 23.2 Å². The lowest BCUT2D eigenvalue weighted by Crippen LogP contribution is -3.11. The van der Waals surface area contributed by atoms with Crippen molar-refractivity contribution in [2.75, 3.05) is 13.1 Å². The van der Waals surface area contributed by atoms with Crippen LogP contribution in [0.1, 0.15) is 24.4 Å². The van der Waals surface area contributed by atoms with Crippen LogP contribution >= 0.6 is 23.2 Å². The van der Waals surface area contributed by atoms with E-state index in [0.29, 0.717) is 11.6 Å². The van der Waals surface area contributed by atoms with E-state index in [1.165, 1.54) is 17.0 Å². The van der Waals surface area contributed by atoms with Crippen molar-refractivity contribution in [3.63, 3.8) is 0 Å². The second-order valence-electron chi connectivity index (χ2n) is 6.53. The fourth-order valence-corrected chi connectivity index (χ4v) is 4.10. The molecule has 1 fully saturated rings. The first-order valence-electron chi connectivity index (χ1n) is 8.39. The summed E-state index contributed by atoms with van der Waals surface area (Å²) in [6.07, 6.45) is 1.99. The Morgan fingerprint density at radius 1 is 1.12 bits per heavy atom. The van der Waals surface area contributed by atoms with Gasteiger partial charge in [0, 0.05) is 24.5 Å². The minimum Gasteiger partial charge on any atom is -0.331 e. The summed E-state index contributed by atoms with van der Waals surface area (Å²) in [4.78, 5) is 1.46. The lowest BCUT2D eigenvalue weighted by Gasteiger charge is -2.29. The molecule has 4 rings (SSSR count). The van der Waals surface area contributed by atoms with Gasteiger partial charge < -0.3 is 4.90 Å². The number of likely N-dealkylation sites (tertiary alicyclic amines) is 1. The first kappa shape index (κ1) is 16.8. The molecule has 1 aliphatic heterocycles. The summed E-state index contributed by atoms with van der Waals surface area (Å²) in [5, 5.41) is 9.80. The molecule has 3 aromatic rings. The molecule has 7 heteroatoms. The van der Waals surface area contributed by atoms with Crippen LogP contribution in [0.4, 0.5) is 4.39 Å². The van der Waals surface area contributed by atoms with Crippen molar-refractivity contribution in [1.82, 2.24) is 15.0 Å². The van der Waals surface area contributed by atoms with Crippen LogP contribution in [0.5, 0.6) is 0 Å². The zero-order valence-corrected chi connectivity index (χ0v) is 15.1. The number of halogens is 3. The normalized spacial score (nSPS) is 20.9. The van der Waals surface area contributed by atoms with Crippen molar-refractivity contribution in [2.24, 2.45) is 0 Å². The molecule has 0 atom stereocenters. The lowest BCUT2D eigenvalue weighted by molar-refractivity contribution is -0.919. The zero-order valence-electron chi connectivity index (χ0n) is 13.6. The van der Waals surface area contributed by atoms with Crippen molar-refractivity contribution in [3.8, 4) is 0 Å². The molecule has 0 unspecified atom stereocenters. The van der Waals surface area contributed by atoms with Gasteiger partial charge in [0.1, 0.15) is 17.9 Å². The molecule has 0 aliphatic carbocycles. The van der Waals surface area contributed by atoms with Crippen molar-refractivity contribution in [2.45, 2.75) is 25.4 Å². The number of nitrogens with one attached hydrogen (secondary N) is 1. The summed E-state index contributed by atoms with van der Waals surface area (Å²) in [5.74, 6) is -0.282. The number of quaternary nitrogens is 1. The summed E-state index contributed by atoms with van der Waals surface area (Å²) >= 11 is 12.6. The molecular formula is C18H18Cl2FN4+. The van der Waals surface area contributed by atoms with Gasteiger partial charge in [-0.25, -0.2) is 9.07 Å². The Labute approximate surface area is 155 Å². The van der Waals surface area contributed by atoms with Crippen molar-refractivity contribution in [3.05, 3.63) is 57.8 Å². The van der Waals surface area contributed by atoms with Crippen LogP contribution in [-0.2, 0) is 6.54 Å². The van der Waals surface area contributed by atoms with Crippen LogP contribution in [0.2, 0.25) is 10.0 Å². The molecule has 1 saturated heterocycles. The van der Waals surface area contributed by atoms with Gasteiger partial charge >= 0.3 is 0 Å². The molecule has 0 radical (unpaired) electrons. The number of aromatic nitrogens is 3. The van der Waals surface area contributed by atoms with Gasteiger partial charge in [0.15, 0.2) is 0 Å². The molecule has 1 aromatic heterocycles. The van der Waals surface area contributed by atoms with Gasteiger partial charge in [-0.1, -0.05) is 34.5 Å². The van der Waals surface area contributed by atoms with Gasteiger partial charge in [-0.05, 0) is 24.3 Å². The van der Waals surface area contributed by atoms with Gasteiger partial charge in [-0.2, -0.15) is 0 Å². The molecule has 1 N–H and O–H groups in total. The summed E-state index contributed by atoms with van der Waals surface area (Å²) in [5.41, 5.74) is 2.52. The maximum atomic E-state index is 13.3. The Balaban J connectivity index is 1.46. The van der Waals surface area contributed by atoms with Crippen LogP contribution in [0, 0.1) is 5.82 Å². The number of benzene rings is 2. The zero-order chi connectivity index (χ0) is 17.4. The molecule has 0 spiro atoms. The summed E-state index contributed by atoms with van der Waals surface area (Å²) in [7, 11) is 0. The predicted octanol–water partition coefficient (Wildman–Crippen LogP) is 3.30. The molecule has 4 nitrogen and oxygen atoms in total. The lowest BCUT2D eigenvalue weighted by atomic mass is 10.0. The summed E-state index contributed by atoms with van der Waals surface area (Å²) in [6.45, 7) is 2.85. The van der Waals surface area contributed by atoms with Gasteiger partial charge in [0.25, 0.3) is 0 Å². The van der Waals surface area contributed by atoms with Crippen LogP contribution < -0.4 is 4.90 Å². The first-order chi connectivity index (χ1) is 12.1. The van der Waals surface area contributed by atoms with Crippen molar-refractivity contribution >= 4 is 34.2 Å². The fourth-order valence-electron chi connectivity index (χ4n) is 3.57. The third-order valence-corrected chi connectivity index (χ3v) is 5.64. The van der Waals surface area contributed by atoms with Gasteiger partial charge in [0.05, 0.1) is 34.7 Å². The topological polar surface area (TPSA) is 35.1 Å². The van der Waals surface area contributed by atoms with Crippen LogP contribution in [0.15, 0.2) is 36.4 Å². The van der Waals surface area contributed by atoms with E-state index in [2.05, 4.69) is 10.3 Å². The Morgan fingerprint density at radius 2 is 1.84 bits per heavy atom. The highest BCUT2D eigenvalue weighted by Gasteiger charge is 2.26. The molecule has 0 bridgehead atoms. The van der Waals surface area contributed by atoms with E-state index in [1.54, 1.807) is 6.07 Å².